The number of thiophene rings is 1. The molecule has 31 rings (SSSR count). The predicted octanol–water partition coefficient (Wildman–Crippen LogP) is 30.9. The summed E-state index contributed by atoms with van der Waals surface area (Å²) in [5.41, 5.74) is 36.1. The van der Waals surface area contributed by atoms with Crippen molar-refractivity contribution in [3.8, 4) is 136 Å². The lowest BCUT2D eigenvalue weighted by atomic mass is 9.82. The van der Waals surface area contributed by atoms with Gasteiger partial charge in [0.05, 0.1) is 95.4 Å². The molecular weight excluding hydrogens is 1880 g/mol. The Bertz CT molecular complexity index is 10300. The molecule has 4 aliphatic rings. The molecule has 14 heteroatoms. The van der Waals surface area contributed by atoms with E-state index in [1.54, 1.807) is 0 Å². The predicted molar refractivity (Wildman–Crippen MR) is 633 cm³/mol. The van der Waals surface area contributed by atoms with Crippen molar-refractivity contribution >= 4 is 174 Å². The molecular formula is C135H98N10SSi3. The van der Waals surface area contributed by atoms with E-state index in [4.69, 9.17) is 29.9 Å². The first-order valence-corrected chi connectivity index (χ1v) is 61.4. The Balaban J connectivity index is 0.000000105. The Morgan fingerprint density at radius 3 is 0.960 bits per heavy atom. The fourth-order valence-electron chi connectivity index (χ4n) is 25.8. The molecule has 0 radical (unpaired) electrons. The molecule has 0 saturated carbocycles. The molecule has 0 fully saturated rings. The van der Waals surface area contributed by atoms with Gasteiger partial charge < -0.3 is 18.3 Å². The van der Waals surface area contributed by atoms with Crippen LogP contribution < -0.4 is 31.1 Å². The maximum Gasteiger partial charge on any atom is 0.160 e. The van der Waals surface area contributed by atoms with Crippen molar-refractivity contribution in [1.82, 2.24) is 48.2 Å². The number of rotatable bonds is 10. The molecule has 0 unspecified atom stereocenters. The zero-order valence-corrected chi connectivity index (χ0v) is 87.4. The first-order valence-electron chi connectivity index (χ1n) is 51.6. The molecule has 1 aliphatic carbocycles. The average molecular weight is 1980 g/mol. The van der Waals surface area contributed by atoms with Crippen LogP contribution >= 0.6 is 11.3 Å². The minimum Gasteiger partial charge on any atom is -0.309 e. The summed E-state index contributed by atoms with van der Waals surface area (Å²) in [6, 6.07) is 163. The second kappa shape index (κ2) is 33.5. The minimum absolute atomic E-state index is 0.0968. The van der Waals surface area contributed by atoms with Crippen LogP contribution in [0.3, 0.4) is 0 Å². The van der Waals surface area contributed by atoms with Crippen molar-refractivity contribution in [3.63, 3.8) is 0 Å². The highest BCUT2D eigenvalue weighted by Gasteiger charge is 2.47. The normalized spacial score (nSPS) is 13.9. The van der Waals surface area contributed by atoms with E-state index in [0.29, 0.717) is 0 Å². The van der Waals surface area contributed by atoms with Gasteiger partial charge >= 0.3 is 0 Å². The van der Waals surface area contributed by atoms with Gasteiger partial charge in [-0.3, -0.25) is 0 Å². The van der Waals surface area contributed by atoms with Gasteiger partial charge in [-0.15, -0.1) is 11.3 Å². The summed E-state index contributed by atoms with van der Waals surface area (Å²) in [4.78, 5) is 32.6. The van der Waals surface area contributed by atoms with Gasteiger partial charge in [-0.2, -0.15) is 0 Å². The van der Waals surface area contributed by atoms with Crippen molar-refractivity contribution < 1.29 is 0 Å². The monoisotopic (exact) mass is 1970 g/mol. The third-order valence-electron chi connectivity index (χ3n) is 32.5. The van der Waals surface area contributed by atoms with Crippen LogP contribution in [0.1, 0.15) is 25.0 Å². The molecule has 0 saturated heterocycles. The second-order valence-corrected chi connectivity index (χ2v) is 56.1. The smallest absolute Gasteiger partial charge is 0.160 e. The summed E-state index contributed by atoms with van der Waals surface area (Å²) in [7, 11) is -6.51. The maximum absolute atomic E-state index is 5.56. The molecule has 706 valence electrons. The Hall–Kier alpha value is -17.5. The molecule has 149 heavy (non-hydrogen) atoms. The number of benzene rings is 19. The average Bonchev–Trinajstić information content (AvgIpc) is 1.53. The number of hydrogen-bond donors (Lipinski definition) is 0. The molecule has 0 N–H and O–H groups in total. The van der Waals surface area contributed by atoms with Gasteiger partial charge in [0.15, 0.2) is 17.5 Å². The summed E-state index contributed by atoms with van der Waals surface area (Å²) in [6.45, 7) is 19.5. The lowest BCUT2D eigenvalue weighted by Crippen LogP contribution is -2.50. The standard InChI is InChI=1S/C48H34N4Si.C45H35N3Si.C42H29N3SSi/c1-53(2)42-28-16-12-24-37(42)45-47(53)44(49-48(50-45)31-17-5-3-6-18-31)36-23-11-15-27-40(36)52-38-25-13-9-21-33(38)34-29-30-41-43(46(34)52)35-22-10-14-26-39(35)51(41)32-19-7-4-8-20-32;1-45(2)34-22-12-8-19-31(34)39-35(45)27-26-30-29-18-9-13-23-36(29)48(42(30)39)37-24-14-10-20-32(37)40-43-41(33-21-11-15-25-38(33)49(43,3)4)47-44(46-40)28-16-6-5-7-17-28;1-47(2)36-23-13-9-19-31(36)39-41(47)38(43-42(44-39)26-14-4-3-5-15-26)29-17-7-11-21-33(29)45-32-20-10-6-16-27(32)28-24-25-35-37(40(28)45)30-18-8-12-22-34(30)46-35/h3-30H,1-2H3;5-27H,1-4H3;3-25H,1-2H3. The zero-order valence-electron chi connectivity index (χ0n) is 83.6. The molecule has 0 spiro atoms. The number of hydrogen-bond acceptors (Lipinski definition) is 7. The first kappa shape index (κ1) is 88.0. The third kappa shape index (κ3) is 13.1. The van der Waals surface area contributed by atoms with Gasteiger partial charge in [0.2, 0.25) is 0 Å². The molecule has 27 aromatic rings. The van der Waals surface area contributed by atoms with Gasteiger partial charge in [-0.25, -0.2) is 29.9 Å². The van der Waals surface area contributed by atoms with E-state index < -0.39 is 24.2 Å². The molecule has 8 aromatic heterocycles. The zero-order chi connectivity index (χ0) is 99.6. The Labute approximate surface area is 869 Å². The van der Waals surface area contributed by atoms with Crippen LogP contribution in [0.4, 0.5) is 0 Å². The molecule has 0 atom stereocenters. The lowest BCUT2D eigenvalue weighted by molar-refractivity contribution is 0.661. The summed E-state index contributed by atoms with van der Waals surface area (Å²) < 4.78 is 12.6. The van der Waals surface area contributed by atoms with E-state index in [1.165, 1.54) is 177 Å². The van der Waals surface area contributed by atoms with Gasteiger partial charge in [0.1, 0.15) is 24.2 Å². The van der Waals surface area contributed by atoms with Crippen LogP contribution in [0.25, 0.3) is 243 Å². The Morgan fingerprint density at radius 2 is 0.523 bits per heavy atom. The van der Waals surface area contributed by atoms with Crippen molar-refractivity contribution in [2.75, 3.05) is 0 Å². The highest BCUT2D eigenvalue weighted by Crippen LogP contribution is 2.55. The summed E-state index contributed by atoms with van der Waals surface area (Å²) in [6.07, 6.45) is 0. The van der Waals surface area contributed by atoms with E-state index in [1.807, 2.05) is 11.3 Å². The van der Waals surface area contributed by atoms with Gasteiger partial charge in [0.25, 0.3) is 0 Å². The number of nitrogens with zero attached hydrogens (tertiary/aromatic N) is 10. The highest BCUT2D eigenvalue weighted by molar-refractivity contribution is 7.26. The Morgan fingerprint density at radius 1 is 0.215 bits per heavy atom. The highest BCUT2D eigenvalue weighted by atomic mass is 32.1. The molecule has 19 aromatic carbocycles. The second-order valence-electron chi connectivity index (χ2n) is 42.1. The van der Waals surface area contributed by atoms with Crippen LogP contribution in [-0.2, 0) is 5.41 Å². The molecule has 11 heterocycles. The summed E-state index contributed by atoms with van der Waals surface area (Å²) >= 11 is 1.87. The van der Waals surface area contributed by atoms with Crippen molar-refractivity contribution in [1.29, 1.82) is 0 Å². The molecule has 0 bridgehead atoms. The number of fused-ring (bicyclic) bond motifs is 30. The minimum atomic E-state index is -2.20. The Kier molecular flexibility index (Phi) is 19.8. The van der Waals surface area contributed by atoms with E-state index in [9.17, 15) is 0 Å². The first-order chi connectivity index (χ1) is 73.0. The SMILES string of the molecule is CC1(C)c2ccccc2-c2c1ccc1c3ccccc3n(-c3ccccc3-c3nc(-c4ccccc4)nc4c3[Si](C)(C)c3ccccc3-4)c21.C[Si]1(C)c2ccccc2-c2nc(-c3ccccc3)nc(-c3ccccc3-n3c4ccccc4c4ccc5c(c6ccccc6n5-c5ccccc5)c43)c21.C[Si]1(C)c2ccccc2-c2nc(-c3ccccc3)nc(-c3ccccc3-n3c4ccccc4c4ccc5sc6ccccc6c5c43)c21. The van der Waals surface area contributed by atoms with Gasteiger partial charge in [0, 0.05) is 113 Å². The quantitative estimate of drug-likeness (QED) is 0.127. The summed E-state index contributed by atoms with van der Waals surface area (Å²) in [5, 5.41) is 20.8. The lowest BCUT2D eigenvalue weighted by Gasteiger charge is -2.23. The van der Waals surface area contributed by atoms with Crippen LogP contribution in [-0.4, -0.2) is 72.4 Å². The fourth-order valence-corrected chi connectivity index (χ4v) is 36.6. The molecule has 3 aliphatic heterocycles. The van der Waals surface area contributed by atoms with Crippen molar-refractivity contribution in [2.24, 2.45) is 0 Å². The van der Waals surface area contributed by atoms with Crippen molar-refractivity contribution in [3.05, 3.63) is 460 Å². The molecule has 0 amide bonds. The third-order valence-corrected chi connectivity index (χ3v) is 44.2. The van der Waals surface area contributed by atoms with E-state index in [-0.39, 0.29) is 5.41 Å². The number of para-hydroxylation sites is 8. The van der Waals surface area contributed by atoms with E-state index in [0.717, 1.165) is 108 Å². The van der Waals surface area contributed by atoms with Crippen molar-refractivity contribution in [2.45, 2.75) is 58.5 Å². The molecule has 10 nitrogen and oxygen atoms in total. The van der Waals surface area contributed by atoms with E-state index in [2.05, 4.69) is 520 Å². The van der Waals surface area contributed by atoms with Crippen LogP contribution in [0, 0.1) is 0 Å². The van der Waals surface area contributed by atoms with Crippen LogP contribution in [0.15, 0.2) is 449 Å². The maximum atomic E-state index is 5.56. The van der Waals surface area contributed by atoms with Gasteiger partial charge in [-0.05, 0) is 137 Å². The fraction of sp³-hybridized carbons (Fsp3) is 0.0667. The van der Waals surface area contributed by atoms with Crippen LogP contribution in [0.2, 0.25) is 39.3 Å². The summed E-state index contributed by atoms with van der Waals surface area (Å²) in [5.74, 6) is 2.29. The van der Waals surface area contributed by atoms with E-state index >= 15 is 0 Å². The number of aromatic nitrogens is 10. The topological polar surface area (TPSA) is 97.1 Å². The largest absolute Gasteiger partial charge is 0.309 e. The van der Waals surface area contributed by atoms with Crippen LogP contribution in [0.5, 0.6) is 0 Å². The van der Waals surface area contributed by atoms with Gasteiger partial charge in [-0.1, -0.05) is 429 Å².